The van der Waals surface area contributed by atoms with Crippen molar-refractivity contribution in [2.24, 2.45) is 4.99 Å². The van der Waals surface area contributed by atoms with Crippen LogP contribution in [0.25, 0.3) is 11.0 Å². The lowest BCUT2D eigenvalue weighted by atomic mass is 10.2. The van der Waals surface area contributed by atoms with E-state index in [4.69, 9.17) is 0 Å². The molecule has 0 aliphatic carbocycles. The standard InChI is InChI=1S/C20H22F3N5O.HI/c1-24-19(26-13-14-7-2-5-10-17(14)29-20(21,22)23)25-12-6-11-18-27-15-8-3-4-9-16(15)28-18;/h2-5,7-10H,6,11-13H2,1H3,(H,27,28)(H2,24,25,26);1H. The van der Waals surface area contributed by atoms with Crippen LogP contribution in [0.4, 0.5) is 13.2 Å². The Morgan fingerprint density at radius 2 is 1.83 bits per heavy atom. The van der Waals surface area contributed by atoms with Crippen molar-refractivity contribution in [2.75, 3.05) is 13.6 Å². The normalized spacial score (nSPS) is 11.8. The van der Waals surface area contributed by atoms with Crippen LogP contribution >= 0.6 is 24.0 Å². The fourth-order valence-corrected chi connectivity index (χ4v) is 2.86. The number of fused-ring (bicyclic) bond motifs is 1. The molecule has 162 valence electrons. The molecule has 0 bridgehead atoms. The van der Waals surface area contributed by atoms with E-state index in [0.29, 0.717) is 18.1 Å². The lowest BCUT2D eigenvalue weighted by molar-refractivity contribution is -0.274. The van der Waals surface area contributed by atoms with Crippen molar-refractivity contribution in [3.05, 3.63) is 59.9 Å². The summed E-state index contributed by atoms with van der Waals surface area (Å²) in [5, 5.41) is 6.15. The SMILES string of the molecule is CN=C(NCCCc1nc2ccccc2[nH]1)NCc1ccccc1OC(F)(F)F.I. The number of imidazole rings is 1. The minimum atomic E-state index is -4.73. The van der Waals surface area contributed by atoms with E-state index in [-0.39, 0.29) is 36.3 Å². The number of hydrogen-bond acceptors (Lipinski definition) is 3. The van der Waals surface area contributed by atoms with Crippen molar-refractivity contribution >= 4 is 41.0 Å². The Morgan fingerprint density at radius 3 is 2.57 bits per heavy atom. The number of guanidine groups is 1. The van der Waals surface area contributed by atoms with Gasteiger partial charge in [-0.3, -0.25) is 4.99 Å². The van der Waals surface area contributed by atoms with Gasteiger partial charge in [0.2, 0.25) is 0 Å². The first-order chi connectivity index (χ1) is 13.9. The number of nitrogens with zero attached hydrogens (tertiary/aromatic N) is 2. The number of benzene rings is 2. The molecule has 0 atom stereocenters. The zero-order valence-electron chi connectivity index (χ0n) is 16.3. The number of rotatable bonds is 7. The number of aliphatic imine (C=N–C) groups is 1. The molecule has 3 aromatic rings. The average molecular weight is 533 g/mol. The number of aromatic amines is 1. The van der Waals surface area contributed by atoms with Crippen molar-refractivity contribution < 1.29 is 17.9 Å². The molecule has 6 nitrogen and oxygen atoms in total. The number of para-hydroxylation sites is 3. The third kappa shape index (κ3) is 7.08. The zero-order chi connectivity index (χ0) is 20.7. The molecule has 0 unspecified atom stereocenters. The number of hydrogen-bond donors (Lipinski definition) is 3. The molecule has 1 aromatic heterocycles. The highest BCUT2D eigenvalue weighted by molar-refractivity contribution is 14.0. The van der Waals surface area contributed by atoms with E-state index < -0.39 is 6.36 Å². The van der Waals surface area contributed by atoms with Crippen molar-refractivity contribution in [1.82, 2.24) is 20.6 Å². The van der Waals surface area contributed by atoms with Gasteiger partial charge in [0.25, 0.3) is 0 Å². The monoisotopic (exact) mass is 533 g/mol. The minimum absolute atomic E-state index is 0. The summed E-state index contributed by atoms with van der Waals surface area (Å²) in [6.45, 7) is 0.785. The van der Waals surface area contributed by atoms with Crippen LogP contribution in [0.15, 0.2) is 53.5 Å². The topological polar surface area (TPSA) is 74.3 Å². The molecule has 1 heterocycles. The van der Waals surface area contributed by atoms with Crippen molar-refractivity contribution in [3.8, 4) is 5.75 Å². The summed E-state index contributed by atoms with van der Waals surface area (Å²) in [7, 11) is 1.60. The molecular formula is C20H23F3IN5O. The summed E-state index contributed by atoms with van der Waals surface area (Å²) in [6, 6.07) is 13.9. The average Bonchev–Trinajstić information content (AvgIpc) is 3.10. The number of aryl methyl sites for hydroxylation is 1. The van der Waals surface area contributed by atoms with Gasteiger partial charge in [-0.1, -0.05) is 30.3 Å². The first kappa shape index (κ1) is 23.8. The first-order valence-electron chi connectivity index (χ1n) is 9.16. The molecule has 0 amide bonds. The van der Waals surface area contributed by atoms with Crippen LogP contribution in [0.5, 0.6) is 5.75 Å². The van der Waals surface area contributed by atoms with Crippen molar-refractivity contribution in [1.29, 1.82) is 0 Å². The van der Waals surface area contributed by atoms with E-state index in [9.17, 15) is 13.2 Å². The second-order valence-corrected chi connectivity index (χ2v) is 6.31. The molecule has 0 saturated carbocycles. The van der Waals surface area contributed by atoms with Gasteiger partial charge in [0, 0.05) is 32.1 Å². The number of aromatic nitrogens is 2. The van der Waals surface area contributed by atoms with Crippen LogP contribution < -0.4 is 15.4 Å². The maximum atomic E-state index is 12.5. The molecule has 3 rings (SSSR count). The smallest absolute Gasteiger partial charge is 0.405 e. The van der Waals surface area contributed by atoms with Crippen LogP contribution in [-0.4, -0.2) is 35.9 Å². The Labute approximate surface area is 189 Å². The Balaban J connectivity index is 0.00000320. The summed E-state index contributed by atoms with van der Waals surface area (Å²) in [5.41, 5.74) is 2.33. The number of ether oxygens (including phenoxy) is 1. The van der Waals surface area contributed by atoms with Gasteiger partial charge in [0.1, 0.15) is 11.6 Å². The van der Waals surface area contributed by atoms with Crippen LogP contribution in [0, 0.1) is 0 Å². The highest BCUT2D eigenvalue weighted by atomic mass is 127. The first-order valence-corrected chi connectivity index (χ1v) is 9.16. The number of halogens is 4. The molecule has 2 aromatic carbocycles. The molecule has 0 radical (unpaired) electrons. The summed E-state index contributed by atoms with van der Waals surface area (Å²) < 4.78 is 41.6. The van der Waals surface area contributed by atoms with E-state index in [1.807, 2.05) is 24.3 Å². The van der Waals surface area contributed by atoms with E-state index in [1.54, 1.807) is 19.2 Å². The van der Waals surface area contributed by atoms with Gasteiger partial charge in [-0.25, -0.2) is 4.98 Å². The molecule has 0 saturated heterocycles. The highest BCUT2D eigenvalue weighted by Gasteiger charge is 2.31. The molecule has 10 heteroatoms. The van der Waals surface area contributed by atoms with E-state index in [0.717, 1.165) is 29.7 Å². The largest absolute Gasteiger partial charge is 0.573 e. The van der Waals surface area contributed by atoms with E-state index in [2.05, 4.69) is 30.3 Å². The second kappa shape index (κ2) is 11.0. The third-order valence-electron chi connectivity index (χ3n) is 4.19. The Hall–Kier alpha value is -2.50. The third-order valence-corrected chi connectivity index (χ3v) is 4.19. The summed E-state index contributed by atoms with van der Waals surface area (Å²) in [4.78, 5) is 11.9. The fraction of sp³-hybridized carbons (Fsp3) is 0.300. The van der Waals surface area contributed by atoms with Gasteiger partial charge >= 0.3 is 6.36 Å². The summed E-state index contributed by atoms with van der Waals surface area (Å²) in [6.07, 6.45) is -3.15. The lowest BCUT2D eigenvalue weighted by Gasteiger charge is -2.15. The molecule has 0 fully saturated rings. The quantitative estimate of drug-likeness (QED) is 0.183. The predicted octanol–water partition coefficient (Wildman–Crippen LogP) is 4.38. The second-order valence-electron chi connectivity index (χ2n) is 6.31. The Kier molecular flexibility index (Phi) is 8.75. The van der Waals surface area contributed by atoms with Gasteiger partial charge in [-0.2, -0.15) is 0 Å². The highest BCUT2D eigenvalue weighted by Crippen LogP contribution is 2.26. The Morgan fingerprint density at radius 1 is 1.10 bits per heavy atom. The van der Waals surface area contributed by atoms with Crippen molar-refractivity contribution in [3.63, 3.8) is 0 Å². The van der Waals surface area contributed by atoms with E-state index >= 15 is 0 Å². The van der Waals surface area contributed by atoms with Gasteiger partial charge in [-0.15, -0.1) is 37.1 Å². The predicted molar refractivity (Wildman–Crippen MR) is 121 cm³/mol. The molecule has 0 aliphatic rings. The molecule has 0 aliphatic heterocycles. The summed E-state index contributed by atoms with van der Waals surface area (Å²) >= 11 is 0. The van der Waals surface area contributed by atoms with Gasteiger partial charge < -0.3 is 20.4 Å². The fourth-order valence-electron chi connectivity index (χ4n) is 2.86. The number of alkyl halides is 3. The molecule has 0 spiro atoms. The maximum Gasteiger partial charge on any atom is 0.573 e. The summed E-state index contributed by atoms with van der Waals surface area (Å²) in [5.74, 6) is 1.18. The van der Waals surface area contributed by atoms with Gasteiger partial charge in [0.15, 0.2) is 5.96 Å². The molecule has 30 heavy (non-hydrogen) atoms. The van der Waals surface area contributed by atoms with E-state index in [1.165, 1.54) is 12.1 Å². The molecular weight excluding hydrogens is 510 g/mol. The maximum absolute atomic E-state index is 12.5. The van der Waals surface area contributed by atoms with Crippen molar-refractivity contribution in [2.45, 2.75) is 25.7 Å². The van der Waals surface area contributed by atoms with Crippen LogP contribution in [-0.2, 0) is 13.0 Å². The number of H-pyrrole nitrogens is 1. The Bertz CT molecular complexity index is 941. The minimum Gasteiger partial charge on any atom is -0.405 e. The van der Waals surface area contributed by atoms with Gasteiger partial charge in [0.05, 0.1) is 11.0 Å². The van der Waals surface area contributed by atoms with Crippen LogP contribution in [0.1, 0.15) is 17.8 Å². The molecule has 3 N–H and O–H groups in total. The number of nitrogens with one attached hydrogen (secondary N) is 3. The lowest BCUT2D eigenvalue weighted by Crippen LogP contribution is -2.37. The van der Waals surface area contributed by atoms with Gasteiger partial charge in [-0.05, 0) is 24.6 Å². The zero-order valence-corrected chi connectivity index (χ0v) is 18.6. The van der Waals surface area contributed by atoms with Crippen LogP contribution in [0.3, 0.4) is 0 Å². The van der Waals surface area contributed by atoms with Crippen LogP contribution in [0.2, 0.25) is 0 Å².